The molecule has 0 aliphatic carbocycles. The fourth-order valence-corrected chi connectivity index (χ4v) is 5.68. The lowest BCUT2D eigenvalue weighted by Crippen LogP contribution is -2.55. The SMILES string of the molecule is CS(=O)(=O)NC(C(=O)N1CCC[C@H]1C(=O)NCc1ccc(C(=N)N)cc1)C(c1ccccc1)c1ccccc1. The number of nitrogens with one attached hydrogen (secondary N) is 3. The molecule has 2 amide bonds. The van der Waals surface area contributed by atoms with Crippen LogP contribution in [-0.4, -0.2) is 55.9 Å². The van der Waals surface area contributed by atoms with Gasteiger partial charge in [0.25, 0.3) is 0 Å². The van der Waals surface area contributed by atoms with Gasteiger partial charge in [0.15, 0.2) is 0 Å². The Kier molecular flexibility index (Phi) is 8.78. The Hall–Kier alpha value is -4.02. The van der Waals surface area contributed by atoms with E-state index in [9.17, 15) is 18.0 Å². The standard InChI is InChI=1S/C29H33N5O4S/c1-39(37,38)33-26(25(21-9-4-2-5-10-21)22-11-6-3-7-12-22)29(36)34-18-8-13-24(34)28(35)32-19-20-14-16-23(17-15-20)27(30)31/h2-7,9-12,14-17,24-26,33H,8,13,18-19H2,1H3,(H3,30,31)(H,32,35)/t24-,26?/m0/s1. The van der Waals surface area contributed by atoms with Gasteiger partial charge in [-0.05, 0) is 29.5 Å². The molecule has 9 nitrogen and oxygen atoms in total. The van der Waals surface area contributed by atoms with Crippen LogP contribution in [0.4, 0.5) is 0 Å². The van der Waals surface area contributed by atoms with E-state index in [0.29, 0.717) is 24.9 Å². The first kappa shape index (κ1) is 28.0. The lowest BCUT2D eigenvalue weighted by atomic mass is 9.84. The molecule has 1 heterocycles. The molecule has 0 spiro atoms. The molecule has 39 heavy (non-hydrogen) atoms. The highest BCUT2D eigenvalue weighted by molar-refractivity contribution is 7.88. The number of nitrogen functional groups attached to an aromatic ring is 1. The summed E-state index contributed by atoms with van der Waals surface area (Å²) in [5, 5.41) is 10.4. The van der Waals surface area contributed by atoms with Crippen molar-refractivity contribution >= 4 is 27.7 Å². The summed E-state index contributed by atoms with van der Waals surface area (Å²) in [5.41, 5.74) is 8.49. The predicted molar refractivity (Wildman–Crippen MR) is 151 cm³/mol. The summed E-state index contributed by atoms with van der Waals surface area (Å²) in [5.74, 6) is -1.38. The van der Waals surface area contributed by atoms with Gasteiger partial charge in [-0.25, -0.2) is 13.1 Å². The number of carbonyl (C=O) groups is 2. The van der Waals surface area contributed by atoms with Crippen molar-refractivity contribution in [1.82, 2.24) is 14.9 Å². The summed E-state index contributed by atoms with van der Waals surface area (Å²) in [6, 6.07) is 23.7. The highest BCUT2D eigenvalue weighted by atomic mass is 32.2. The second kappa shape index (κ2) is 12.2. The van der Waals surface area contributed by atoms with Crippen LogP contribution in [0, 0.1) is 5.41 Å². The molecule has 1 aliphatic heterocycles. The Labute approximate surface area is 229 Å². The van der Waals surface area contributed by atoms with Crippen LogP contribution in [0.15, 0.2) is 84.9 Å². The Balaban J connectivity index is 1.59. The summed E-state index contributed by atoms with van der Waals surface area (Å²) < 4.78 is 27.6. The summed E-state index contributed by atoms with van der Waals surface area (Å²) in [7, 11) is -3.77. The summed E-state index contributed by atoms with van der Waals surface area (Å²) in [4.78, 5) is 28.8. The molecule has 204 valence electrons. The first-order valence-electron chi connectivity index (χ1n) is 12.7. The maximum absolute atomic E-state index is 14.1. The minimum atomic E-state index is -3.77. The summed E-state index contributed by atoms with van der Waals surface area (Å²) >= 11 is 0. The van der Waals surface area contributed by atoms with Crippen LogP contribution in [0.2, 0.25) is 0 Å². The van der Waals surface area contributed by atoms with Gasteiger partial charge in [0.2, 0.25) is 21.8 Å². The van der Waals surface area contributed by atoms with Gasteiger partial charge in [0.1, 0.15) is 17.9 Å². The number of hydrogen-bond donors (Lipinski definition) is 4. The Morgan fingerprint density at radius 3 is 2.05 bits per heavy atom. The van der Waals surface area contributed by atoms with Crippen molar-refractivity contribution in [2.24, 2.45) is 5.73 Å². The zero-order valence-corrected chi connectivity index (χ0v) is 22.5. The van der Waals surface area contributed by atoms with Gasteiger partial charge in [-0.2, -0.15) is 0 Å². The van der Waals surface area contributed by atoms with E-state index in [1.165, 1.54) is 4.90 Å². The van der Waals surface area contributed by atoms with E-state index in [-0.39, 0.29) is 18.3 Å². The topological polar surface area (TPSA) is 145 Å². The second-order valence-electron chi connectivity index (χ2n) is 9.68. The zero-order valence-electron chi connectivity index (χ0n) is 21.7. The highest BCUT2D eigenvalue weighted by Gasteiger charge is 2.41. The number of likely N-dealkylation sites (tertiary alicyclic amines) is 1. The molecule has 1 unspecified atom stereocenters. The zero-order chi connectivity index (χ0) is 28.0. The van der Waals surface area contributed by atoms with E-state index in [4.69, 9.17) is 11.1 Å². The smallest absolute Gasteiger partial charge is 0.243 e. The van der Waals surface area contributed by atoms with Crippen molar-refractivity contribution in [3.05, 3.63) is 107 Å². The molecule has 1 saturated heterocycles. The van der Waals surface area contributed by atoms with Crippen LogP contribution in [0.25, 0.3) is 0 Å². The molecule has 4 rings (SSSR count). The summed E-state index contributed by atoms with van der Waals surface area (Å²) in [6.07, 6.45) is 2.14. The first-order chi connectivity index (χ1) is 18.6. The number of amides is 2. The monoisotopic (exact) mass is 547 g/mol. The molecule has 0 saturated carbocycles. The van der Waals surface area contributed by atoms with Gasteiger partial charge >= 0.3 is 0 Å². The lowest BCUT2D eigenvalue weighted by molar-refractivity contribution is -0.140. The van der Waals surface area contributed by atoms with Crippen molar-refractivity contribution in [3.63, 3.8) is 0 Å². The molecule has 1 aliphatic rings. The average Bonchev–Trinajstić information content (AvgIpc) is 3.42. The van der Waals surface area contributed by atoms with Crippen LogP contribution in [-0.2, 0) is 26.2 Å². The number of amidine groups is 1. The maximum Gasteiger partial charge on any atom is 0.243 e. The molecular weight excluding hydrogens is 514 g/mol. The third-order valence-electron chi connectivity index (χ3n) is 6.83. The molecule has 10 heteroatoms. The fraction of sp³-hybridized carbons (Fsp3) is 0.276. The van der Waals surface area contributed by atoms with Gasteiger partial charge in [-0.3, -0.25) is 15.0 Å². The number of carbonyl (C=O) groups excluding carboxylic acids is 2. The van der Waals surface area contributed by atoms with Crippen molar-refractivity contribution in [2.45, 2.75) is 37.4 Å². The van der Waals surface area contributed by atoms with E-state index in [0.717, 1.165) is 22.9 Å². The van der Waals surface area contributed by atoms with Crippen molar-refractivity contribution in [1.29, 1.82) is 5.41 Å². The van der Waals surface area contributed by atoms with Crippen LogP contribution < -0.4 is 15.8 Å². The van der Waals surface area contributed by atoms with Gasteiger partial charge in [0.05, 0.1) is 6.26 Å². The molecular formula is C29H33N5O4S. The number of nitrogens with zero attached hydrogens (tertiary/aromatic N) is 1. The van der Waals surface area contributed by atoms with E-state index in [1.807, 2.05) is 60.7 Å². The molecule has 5 N–H and O–H groups in total. The number of benzene rings is 3. The Morgan fingerprint density at radius 2 is 1.54 bits per heavy atom. The Morgan fingerprint density at radius 1 is 0.974 bits per heavy atom. The van der Waals surface area contributed by atoms with Gasteiger partial charge in [0, 0.05) is 24.6 Å². The first-order valence-corrected chi connectivity index (χ1v) is 14.6. The largest absolute Gasteiger partial charge is 0.384 e. The molecule has 0 radical (unpaired) electrons. The number of nitrogens with two attached hydrogens (primary N) is 1. The van der Waals surface area contributed by atoms with E-state index < -0.39 is 33.9 Å². The lowest BCUT2D eigenvalue weighted by Gasteiger charge is -2.33. The Bertz CT molecular complexity index is 1370. The summed E-state index contributed by atoms with van der Waals surface area (Å²) in [6.45, 7) is 0.597. The van der Waals surface area contributed by atoms with Crippen LogP contribution in [0.1, 0.15) is 41.0 Å². The van der Waals surface area contributed by atoms with E-state index in [1.54, 1.807) is 24.3 Å². The molecule has 2 atom stereocenters. The van der Waals surface area contributed by atoms with Crippen LogP contribution >= 0.6 is 0 Å². The molecule has 0 bridgehead atoms. The van der Waals surface area contributed by atoms with Crippen molar-refractivity contribution in [3.8, 4) is 0 Å². The average molecular weight is 548 g/mol. The second-order valence-corrected chi connectivity index (χ2v) is 11.5. The van der Waals surface area contributed by atoms with Crippen molar-refractivity contribution < 1.29 is 18.0 Å². The van der Waals surface area contributed by atoms with Gasteiger partial charge in [-0.15, -0.1) is 0 Å². The van der Waals surface area contributed by atoms with E-state index >= 15 is 0 Å². The molecule has 3 aromatic rings. The number of hydrogen-bond acceptors (Lipinski definition) is 5. The highest BCUT2D eigenvalue weighted by Crippen LogP contribution is 2.31. The fourth-order valence-electron chi connectivity index (χ4n) is 4.98. The van der Waals surface area contributed by atoms with Crippen LogP contribution in [0.5, 0.6) is 0 Å². The quantitative estimate of drug-likeness (QED) is 0.227. The maximum atomic E-state index is 14.1. The van der Waals surface area contributed by atoms with Crippen LogP contribution in [0.3, 0.4) is 0 Å². The van der Waals surface area contributed by atoms with E-state index in [2.05, 4.69) is 10.0 Å². The molecule has 3 aromatic carbocycles. The molecule has 1 fully saturated rings. The van der Waals surface area contributed by atoms with Gasteiger partial charge in [-0.1, -0.05) is 84.9 Å². The molecule has 0 aromatic heterocycles. The minimum absolute atomic E-state index is 0.0349. The third-order valence-corrected chi connectivity index (χ3v) is 7.51. The minimum Gasteiger partial charge on any atom is -0.384 e. The number of sulfonamides is 1. The van der Waals surface area contributed by atoms with Gasteiger partial charge < -0.3 is 16.0 Å². The third kappa shape index (κ3) is 7.10. The normalized spacial score (nSPS) is 16.2. The van der Waals surface area contributed by atoms with Crippen molar-refractivity contribution in [2.75, 3.05) is 12.8 Å². The number of rotatable bonds is 10. The predicted octanol–water partition coefficient (Wildman–Crippen LogP) is 2.33.